The van der Waals surface area contributed by atoms with Crippen LogP contribution in [-0.2, 0) is 0 Å². The fourth-order valence-electron chi connectivity index (χ4n) is 3.12. The molecule has 124 valence electrons. The summed E-state index contributed by atoms with van der Waals surface area (Å²) in [6, 6.07) is 18.5. The van der Waals surface area contributed by atoms with E-state index in [1.54, 1.807) is 11.8 Å². The van der Waals surface area contributed by atoms with Gasteiger partial charge in [0.25, 0.3) is 0 Å². The van der Waals surface area contributed by atoms with Crippen molar-refractivity contribution in [2.75, 3.05) is 37.6 Å². The summed E-state index contributed by atoms with van der Waals surface area (Å²) in [5.74, 6) is 0.126. The van der Waals surface area contributed by atoms with Gasteiger partial charge in [0.05, 0.1) is 32.7 Å². The Kier molecular flexibility index (Phi) is 5.44. The second-order valence-corrected chi connectivity index (χ2v) is 6.36. The maximum atomic E-state index is 11.4. The van der Waals surface area contributed by atoms with Gasteiger partial charge in [0.15, 0.2) is 5.78 Å². The van der Waals surface area contributed by atoms with Crippen molar-refractivity contribution in [3.63, 3.8) is 0 Å². The van der Waals surface area contributed by atoms with Crippen molar-refractivity contribution in [3.05, 3.63) is 71.8 Å². The Morgan fingerprint density at radius 2 is 1.71 bits per heavy atom. The second kappa shape index (κ2) is 7.93. The number of benzene rings is 2. The van der Waals surface area contributed by atoms with E-state index < -0.39 is 0 Å². The minimum atomic E-state index is 0.126. The van der Waals surface area contributed by atoms with Gasteiger partial charge in [-0.3, -0.25) is 4.79 Å². The standard InChI is InChI=1S/C21H24N2O/c1-18(24)20-9-11-21(12-10-20)23-16-14-22(15-17-23)13-5-8-19-6-3-2-4-7-19/h2-12H,13-17H2,1H3/p+1/b8-5+. The number of piperazine rings is 1. The largest absolute Gasteiger partial charge is 0.360 e. The van der Waals surface area contributed by atoms with Crippen LogP contribution < -0.4 is 9.80 Å². The van der Waals surface area contributed by atoms with Crippen LogP contribution in [0.15, 0.2) is 60.7 Å². The Bertz CT molecular complexity index is 684. The zero-order chi connectivity index (χ0) is 16.8. The van der Waals surface area contributed by atoms with Crippen molar-refractivity contribution in [3.8, 4) is 0 Å². The van der Waals surface area contributed by atoms with Crippen LogP contribution in [0.2, 0.25) is 0 Å². The lowest BCUT2D eigenvalue weighted by Gasteiger charge is -2.33. The molecular formula is C21H25N2O+. The fraction of sp³-hybridized carbons (Fsp3) is 0.286. The van der Waals surface area contributed by atoms with Crippen LogP contribution >= 0.6 is 0 Å². The normalized spacial score (nSPS) is 15.8. The number of hydrogen-bond donors (Lipinski definition) is 1. The first kappa shape index (κ1) is 16.5. The highest BCUT2D eigenvalue weighted by Crippen LogP contribution is 2.15. The fourth-order valence-corrected chi connectivity index (χ4v) is 3.12. The molecule has 3 nitrogen and oxygen atoms in total. The monoisotopic (exact) mass is 321 g/mol. The molecule has 1 saturated heterocycles. The van der Waals surface area contributed by atoms with Gasteiger partial charge in [-0.25, -0.2) is 0 Å². The number of Topliss-reactive ketones (excluding diaryl/α,β-unsaturated/α-hetero) is 1. The summed E-state index contributed by atoms with van der Waals surface area (Å²) in [5.41, 5.74) is 3.27. The van der Waals surface area contributed by atoms with E-state index in [0.717, 1.165) is 38.3 Å². The predicted octanol–water partition coefficient (Wildman–Crippen LogP) is 2.31. The van der Waals surface area contributed by atoms with Crippen LogP contribution in [-0.4, -0.2) is 38.5 Å². The SMILES string of the molecule is CC(=O)c1ccc(N2CC[NH+](C/C=C/c3ccccc3)CC2)cc1. The van der Waals surface area contributed by atoms with E-state index in [1.807, 2.05) is 18.2 Å². The van der Waals surface area contributed by atoms with Gasteiger partial charge in [-0.15, -0.1) is 0 Å². The third-order valence-electron chi connectivity index (χ3n) is 4.63. The number of nitrogens with zero attached hydrogens (tertiary/aromatic N) is 1. The first-order valence-electron chi connectivity index (χ1n) is 8.63. The number of nitrogens with one attached hydrogen (secondary N) is 1. The Morgan fingerprint density at radius 1 is 1.04 bits per heavy atom. The first-order chi connectivity index (χ1) is 11.7. The molecule has 1 heterocycles. The van der Waals surface area contributed by atoms with Crippen molar-refractivity contribution in [1.82, 2.24) is 0 Å². The molecule has 2 aromatic rings. The molecule has 1 aliphatic heterocycles. The number of hydrogen-bond acceptors (Lipinski definition) is 2. The molecule has 0 spiro atoms. The van der Waals surface area contributed by atoms with E-state index in [1.165, 1.54) is 11.3 Å². The number of quaternary nitrogens is 1. The molecule has 2 aromatic carbocycles. The van der Waals surface area contributed by atoms with Crippen molar-refractivity contribution >= 4 is 17.5 Å². The van der Waals surface area contributed by atoms with Crippen LogP contribution in [0.4, 0.5) is 5.69 Å². The summed E-state index contributed by atoms with van der Waals surface area (Å²) in [5, 5.41) is 0. The molecule has 3 heteroatoms. The van der Waals surface area contributed by atoms with Gasteiger partial charge in [-0.2, -0.15) is 0 Å². The van der Waals surface area contributed by atoms with Crippen LogP contribution in [0.25, 0.3) is 6.08 Å². The minimum Gasteiger partial charge on any atom is -0.360 e. The summed E-state index contributed by atoms with van der Waals surface area (Å²) in [6.45, 7) is 7.11. The predicted molar refractivity (Wildman–Crippen MR) is 99.7 cm³/mol. The molecule has 0 atom stereocenters. The van der Waals surface area contributed by atoms with Crippen molar-refractivity contribution < 1.29 is 9.69 Å². The highest BCUT2D eigenvalue weighted by Gasteiger charge is 2.19. The lowest BCUT2D eigenvalue weighted by atomic mass is 10.1. The minimum absolute atomic E-state index is 0.126. The number of ketones is 1. The Balaban J connectivity index is 1.48. The van der Waals surface area contributed by atoms with E-state index >= 15 is 0 Å². The Hall–Kier alpha value is -2.39. The molecule has 0 bridgehead atoms. The molecule has 24 heavy (non-hydrogen) atoms. The molecule has 1 N–H and O–H groups in total. The number of carbonyl (C=O) groups is 1. The van der Waals surface area contributed by atoms with Crippen molar-refractivity contribution in [2.24, 2.45) is 0 Å². The molecule has 1 aliphatic rings. The van der Waals surface area contributed by atoms with Gasteiger partial charge < -0.3 is 9.80 Å². The highest BCUT2D eigenvalue weighted by atomic mass is 16.1. The average Bonchev–Trinajstić information content (AvgIpc) is 2.63. The number of carbonyl (C=O) groups excluding carboxylic acids is 1. The van der Waals surface area contributed by atoms with Crippen LogP contribution in [0.3, 0.4) is 0 Å². The van der Waals surface area contributed by atoms with E-state index in [9.17, 15) is 4.79 Å². The summed E-state index contributed by atoms with van der Waals surface area (Å²) >= 11 is 0. The number of rotatable bonds is 5. The smallest absolute Gasteiger partial charge is 0.159 e. The molecule has 0 saturated carbocycles. The third-order valence-corrected chi connectivity index (χ3v) is 4.63. The van der Waals surface area contributed by atoms with Gasteiger partial charge in [0, 0.05) is 11.3 Å². The summed E-state index contributed by atoms with van der Waals surface area (Å²) < 4.78 is 0. The first-order valence-corrected chi connectivity index (χ1v) is 8.63. The molecule has 0 radical (unpaired) electrons. The van der Waals surface area contributed by atoms with Crippen molar-refractivity contribution in [2.45, 2.75) is 6.92 Å². The van der Waals surface area contributed by atoms with Crippen molar-refractivity contribution in [1.29, 1.82) is 0 Å². The van der Waals surface area contributed by atoms with Crippen LogP contribution in [0.1, 0.15) is 22.8 Å². The lowest BCUT2D eigenvalue weighted by Crippen LogP contribution is -3.14. The van der Waals surface area contributed by atoms with Crippen LogP contribution in [0, 0.1) is 0 Å². The maximum absolute atomic E-state index is 11.4. The maximum Gasteiger partial charge on any atom is 0.159 e. The Morgan fingerprint density at radius 3 is 2.33 bits per heavy atom. The Labute approximate surface area is 144 Å². The van der Waals surface area contributed by atoms with Crippen LogP contribution in [0.5, 0.6) is 0 Å². The van der Waals surface area contributed by atoms with E-state index in [2.05, 4.69) is 53.5 Å². The summed E-state index contributed by atoms with van der Waals surface area (Å²) in [7, 11) is 0. The molecule has 0 amide bonds. The third kappa shape index (κ3) is 4.33. The van der Waals surface area contributed by atoms with E-state index in [-0.39, 0.29) is 5.78 Å². The lowest BCUT2D eigenvalue weighted by molar-refractivity contribution is -0.894. The van der Waals surface area contributed by atoms with Gasteiger partial charge in [-0.1, -0.05) is 36.4 Å². The van der Waals surface area contributed by atoms with E-state index in [0.29, 0.717) is 0 Å². The molecule has 3 rings (SSSR count). The topological polar surface area (TPSA) is 24.8 Å². The molecule has 0 aliphatic carbocycles. The van der Waals surface area contributed by atoms with Gasteiger partial charge >= 0.3 is 0 Å². The highest BCUT2D eigenvalue weighted by molar-refractivity contribution is 5.94. The molecule has 0 aromatic heterocycles. The average molecular weight is 321 g/mol. The zero-order valence-electron chi connectivity index (χ0n) is 14.2. The zero-order valence-corrected chi connectivity index (χ0v) is 14.2. The summed E-state index contributed by atoms with van der Waals surface area (Å²) in [6.07, 6.45) is 4.49. The molecule has 1 fully saturated rings. The van der Waals surface area contributed by atoms with Gasteiger partial charge in [0.1, 0.15) is 0 Å². The second-order valence-electron chi connectivity index (χ2n) is 6.36. The van der Waals surface area contributed by atoms with Gasteiger partial charge in [-0.05, 0) is 42.8 Å². The summed E-state index contributed by atoms with van der Waals surface area (Å²) in [4.78, 5) is 15.4. The number of anilines is 1. The molecular weight excluding hydrogens is 296 g/mol. The molecule has 0 unspecified atom stereocenters. The quantitative estimate of drug-likeness (QED) is 0.855. The van der Waals surface area contributed by atoms with Gasteiger partial charge in [0.2, 0.25) is 0 Å². The van der Waals surface area contributed by atoms with E-state index in [4.69, 9.17) is 0 Å².